The molecule has 0 saturated carbocycles. The van der Waals surface area contributed by atoms with E-state index in [4.69, 9.17) is 34.8 Å². The van der Waals surface area contributed by atoms with Crippen molar-refractivity contribution in [1.29, 1.82) is 0 Å². The summed E-state index contributed by atoms with van der Waals surface area (Å²) in [5.41, 5.74) is 0.0514. The first kappa shape index (κ1) is 14.1. The van der Waals surface area contributed by atoms with E-state index in [0.717, 1.165) is 5.82 Å². The van der Waals surface area contributed by atoms with Gasteiger partial charge in [0.1, 0.15) is 11.5 Å². The lowest BCUT2D eigenvalue weighted by atomic mass is 10.3. The molecule has 2 rings (SSSR count). The first-order chi connectivity index (χ1) is 9.09. The summed E-state index contributed by atoms with van der Waals surface area (Å²) >= 11 is 17.5. The maximum Gasteiger partial charge on any atom is 0.271 e. The Morgan fingerprint density at radius 3 is 2.74 bits per heavy atom. The molecule has 0 unspecified atom stereocenters. The number of hydrogen-bond acceptors (Lipinski definition) is 3. The number of amides is 1. The molecule has 2 aromatic rings. The van der Waals surface area contributed by atoms with Gasteiger partial charge >= 0.3 is 0 Å². The normalized spacial score (nSPS) is 10.5. The van der Waals surface area contributed by atoms with Crippen molar-refractivity contribution < 1.29 is 4.79 Å². The van der Waals surface area contributed by atoms with Gasteiger partial charge in [0.15, 0.2) is 0 Å². The van der Waals surface area contributed by atoms with Crippen molar-refractivity contribution >= 4 is 40.7 Å². The molecule has 2 aromatic heterocycles. The maximum absolute atomic E-state index is 11.9. The van der Waals surface area contributed by atoms with Gasteiger partial charge in [0.05, 0.1) is 15.1 Å². The number of carbonyl (C=O) groups excluding carboxylic acids is 1. The summed E-state index contributed by atoms with van der Waals surface area (Å²) in [6.07, 6.45) is 5.23. The number of nitrogens with one attached hydrogen (secondary N) is 2. The molecule has 0 radical (unpaired) electrons. The second-order valence-corrected chi connectivity index (χ2v) is 4.79. The molecule has 19 heavy (non-hydrogen) atoms. The number of pyridine rings is 1. The first-order valence-electron chi connectivity index (χ1n) is 5.35. The lowest BCUT2D eigenvalue weighted by molar-refractivity contribution is 0.0949. The van der Waals surface area contributed by atoms with Crippen LogP contribution in [0.3, 0.4) is 0 Å². The molecule has 2 N–H and O–H groups in total. The van der Waals surface area contributed by atoms with E-state index in [1.807, 2.05) is 0 Å². The van der Waals surface area contributed by atoms with Gasteiger partial charge in [0, 0.05) is 31.6 Å². The van der Waals surface area contributed by atoms with Crippen LogP contribution in [0.15, 0.2) is 18.6 Å². The molecule has 2 heterocycles. The average molecular weight is 320 g/mol. The van der Waals surface area contributed by atoms with Gasteiger partial charge in [-0.25, -0.2) is 9.97 Å². The summed E-state index contributed by atoms with van der Waals surface area (Å²) in [5.74, 6) is 0.378. The lowest BCUT2D eigenvalue weighted by Gasteiger charge is -2.07. The molecule has 0 aliphatic carbocycles. The molecule has 8 heteroatoms. The molecule has 0 aromatic carbocycles. The highest BCUT2D eigenvalue weighted by Gasteiger charge is 2.16. The Morgan fingerprint density at radius 1 is 1.26 bits per heavy atom. The third kappa shape index (κ3) is 3.37. The molecule has 0 aliphatic heterocycles. The van der Waals surface area contributed by atoms with E-state index < -0.39 is 5.91 Å². The number of hydrogen-bond donors (Lipinski definition) is 2. The van der Waals surface area contributed by atoms with Crippen LogP contribution < -0.4 is 5.32 Å². The summed E-state index contributed by atoms with van der Waals surface area (Å²) in [5, 5.41) is 3.05. The first-order valence-corrected chi connectivity index (χ1v) is 6.49. The van der Waals surface area contributed by atoms with Crippen molar-refractivity contribution in [2.45, 2.75) is 6.42 Å². The van der Waals surface area contributed by atoms with Crippen molar-refractivity contribution in [2.24, 2.45) is 0 Å². The molecule has 0 aliphatic rings. The van der Waals surface area contributed by atoms with E-state index in [0.29, 0.717) is 13.0 Å². The number of rotatable bonds is 4. The minimum Gasteiger partial charge on any atom is -0.350 e. The smallest absolute Gasteiger partial charge is 0.271 e. The standard InChI is InChI=1S/C11H9Cl3N4O/c12-6-5-18-10(9(14)8(6)13)11(19)17-2-1-7-15-3-4-16-7/h3-5H,1-2H2,(H,15,16)(H,17,19). The predicted octanol–water partition coefficient (Wildman–Crippen LogP) is 2.74. The van der Waals surface area contributed by atoms with Crippen LogP contribution in [0, 0.1) is 0 Å². The Morgan fingerprint density at radius 2 is 2.05 bits per heavy atom. The zero-order valence-corrected chi connectivity index (χ0v) is 11.9. The van der Waals surface area contributed by atoms with Crippen molar-refractivity contribution in [3.05, 3.63) is 45.2 Å². The monoisotopic (exact) mass is 318 g/mol. The zero-order chi connectivity index (χ0) is 13.8. The van der Waals surface area contributed by atoms with Crippen LogP contribution in [-0.2, 0) is 6.42 Å². The summed E-state index contributed by atoms with van der Waals surface area (Å²) in [6, 6.07) is 0. The van der Waals surface area contributed by atoms with E-state index in [9.17, 15) is 4.79 Å². The van der Waals surface area contributed by atoms with Gasteiger partial charge in [0.25, 0.3) is 5.91 Å². The Labute approximate surface area is 124 Å². The summed E-state index contributed by atoms with van der Waals surface area (Å²) in [6.45, 7) is 0.407. The third-order valence-corrected chi connectivity index (χ3v) is 3.58. The number of H-pyrrole nitrogens is 1. The zero-order valence-electron chi connectivity index (χ0n) is 9.58. The van der Waals surface area contributed by atoms with Crippen molar-refractivity contribution in [1.82, 2.24) is 20.3 Å². The van der Waals surface area contributed by atoms with Crippen LogP contribution >= 0.6 is 34.8 Å². The fourth-order valence-electron chi connectivity index (χ4n) is 1.41. The van der Waals surface area contributed by atoms with E-state index >= 15 is 0 Å². The number of aromatic amines is 1. The maximum atomic E-state index is 11.9. The fraction of sp³-hybridized carbons (Fsp3) is 0.182. The SMILES string of the molecule is O=C(NCCc1ncc[nH]1)c1ncc(Cl)c(Cl)c1Cl. The second kappa shape index (κ2) is 6.23. The molecule has 5 nitrogen and oxygen atoms in total. The Bertz CT molecular complexity index is 586. The summed E-state index contributed by atoms with van der Waals surface area (Å²) < 4.78 is 0. The topological polar surface area (TPSA) is 70.7 Å². The van der Waals surface area contributed by atoms with Crippen LogP contribution in [0.2, 0.25) is 15.1 Å². The van der Waals surface area contributed by atoms with Gasteiger partial charge < -0.3 is 10.3 Å². The fourth-order valence-corrected chi connectivity index (χ4v) is 1.98. The van der Waals surface area contributed by atoms with Gasteiger partial charge in [-0.1, -0.05) is 34.8 Å². The van der Waals surface area contributed by atoms with Crippen molar-refractivity contribution in [3.8, 4) is 0 Å². The van der Waals surface area contributed by atoms with E-state index in [2.05, 4.69) is 20.3 Å². The molecule has 0 fully saturated rings. The van der Waals surface area contributed by atoms with Crippen LogP contribution in [0.4, 0.5) is 0 Å². The van der Waals surface area contributed by atoms with Crippen molar-refractivity contribution in [3.63, 3.8) is 0 Å². The number of halogens is 3. The average Bonchev–Trinajstić information content (AvgIpc) is 2.89. The van der Waals surface area contributed by atoms with Gasteiger partial charge in [-0.2, -0.15) is 0 Å². The summed E-state index contributed by atoms with van der Waals surface area (Å²) in [7, 11) is 0. The predicted molar refractivity (Wildman–Crippen MR) is 73.9 cm³/mol. The van der Waals surface area contributed by atoms with Crippen LogP contribution in [0.1, 0.15) is 16.3 Å². The molecule has 0 spiro atoms. The highest BCUT2D eigenvalue weighted by Crippen LogP contribution is 2.30. The van der Waals surface area contributed by atoms with Gasteiger partial charge in [-0.3, -0.25) is 4.79 Å². The molecular weight excluding hydrogens is 311 g/mol. The van der Waals surface area contributed by atoms with Gasteiger partial charge in [0.2, 0.25) is 0 Å². The molecule has 0 atom stereocenters. The third-order valence-electron chi connectivity index (χ3n) is 2.33. The Kier molecular flexibility index (Phi) is 4.63. The van der Waals surface area contributed by atoms with Crippen molar-refractivity contribution in [2.75, 3.05) is 6.54 Å². The molecule has 0 bridgehead atoms. The van der Waals surface area contributed by atoms with Crippen LogP contribution in [0.5, 0.6) is 0 Å². The molecule has 100 valence electrons. The van der Waals surface area contributed by atoms with Crippen LogP contribution in [-0.4, -0.2) is 27.4 Å². The van der Waals surface area contributed by atoms with Gasteiger partial charge in [-0.15, -0.1) is 0 Å². The number of nitrogens with zero attached hydrogens (tertiary/aromatic N) is 2. The van der Waals surface area contributed by atoms with Crippen LogP contribution in [0.25, 0.3) is 0 Å². The Balaban J connectivity index is 1.98. The molecular formula is C11H9Cl3N4O. The van der Waals surface area contributed by atoms with Gasteiger partial charge in [-0.05, 0) is 0 Å². The number of imidazole rings is 1. The quantitative estimate of drug-likeness (QED) is 0.910. The minimum absolute atomic E-state index is 0.0460. The highest BCUT2D eigenvalue weighted by molar-refractivity contribution is 6.48. The Hall–Kier alpha value is -1.30. The van der Waals surface area contributed by atoms with E-state index in [1.165, 1.54) is 6.20 Å². The largest absolute Gasteiger partial charge is 0.350 e. The van der Waals surface area contributed by atoms with E-state index in [-0.39, 0.29) is 20.8 Å². The molecule has 1 amide bonds. The summed E-state index contributed by atoms with van der Waals surface area (Å²) in [4.78, 5) is 22.7. The second-order valence-electron chi connectivity index (χ2n) is 3.62. The minimum atomic E-state index is -0.407. The lowest BCUT2D eigenvalue weighted by Crippen LogP contribution is -2.27. The molecule has 0 saturated heterocycles. The highest BCUT2D eigenvalue weighted by atomic mass is 35.5. The number of carbonyl (C=O) groups is 1. The number of aromatic nitrogens is 3. The van der Waals surface area contributed by atoms with E-state index in [1.54, 1.807) is 12.4 Å².